The quantitative estimate of drug-likeness (QED) is 0.383. The summed E-state index contributed by atoms with van der Waals surface area (Å²) in [4.78, 5) is 28.5. The normalized spacial score (nSPS) is 10.9. The minimum Gasteiger partial charge on any atom is -0.383 e. The molecule has 25 heavy (non-hydrogen) atoms. The molecular weight excluding hydrogens is 342 g/mol. The van der Waals surface area contributed by atoms with Crippen molar-refractivity contribution in [1.29, 1.82) is 0 Å². The van der Waals surface area contributed by atoms with Crippen molar-refractivity contribution >= 4 is 28.4 Å². The maximum absolute atomic E-state index is 12.8. The first kappa shape index (κ1) is 17.1. The maximum atomic E-state index is 12.8. The van der Waals surface area contributed by atoms with Gasteiger partial charge in [-0.15, -0.1) is 0 Å². The lowest BCUT2D eigenvalue weighted by Gasteiger charge is -2.12. The molecule has 0 saturated heterocycles. The van der Waals surface area contributed by atoms with E-state index in [-0.39, 0.29) is 11.2 Å². The van der Waals surface area contributed by atoms with Crippen molar-refractivity contribution in [2.75, 3.05) is 13.7 Å². The monoisotopic (exact) mass is 357 g/mol. The van der Waals surface area contributed by atoms with Crippen molar-refractivity contribution in [2.24, 2.45) is 0 Å². The number of rotatable bonds is 6. The van der Waals surface area contributed by atoms with Gasteiger partial charge in [0.25, 0.3) is 11.2 Å². The highest BCUT2D eigenvalue weighted by atomic mass is 32.2. The van der Waals surface area contributed by atoms with Gasteiger partial charge in [0, 0.05) is 13.2 Å². The Morgan fingerprint density at radius 1 is 1.20 bits per heavy atom. The molecule has 0 aliphatic carbocycles. The molecule has 0 spiro atoms. The summed E-state index contributed by atoms with van der Waals surface area (Å²) in [6, 6.07) is 13.4. The average molecular weight is 357 g/mol. The number of methoxy groups -OCH3 is 1. The Morgan fingerprint density at radius 3 is 2.68 bits per heavy atom. The first-order valence-corrected chi connectivity index (χ1v) is 8.33. The van der Waals surface area contributed by atoms with E-state index < -0.39 is 4.92 Å². The predicted molar refractivity (Wildman–Crippen MR) is 95.1 cm³/mol. The summed E-state index contributed by atoms with van der Waals surface area (Å²) in [5.74, 6) is 0. The van der Waals surface area contributed by atoms with Crippen LogP contribution < -0.4 is 5.56 Å². The van der Waals surface area contributed by atoms with Crippen LogP contribution in [0.5, 0.6) is 0 Å². The molecule has 1 heterocycles. The number of ether oxygens (including phenoxy) is 1. The molecule has 0 atom stereocenters. The van der Waals surface area contributed by atoms with Crippen LogP contribution in [0.25, 0.3) is 10.9 Å². The molecule has 3 rings (SSSR count). The highest BCUT2D eigenvalue weighted by Gasteiger charge is 2.18. The van der Waals surface area contributed by atoms with Crippen molar-refractivity contribution in [1.82, 2.24) is 9.55 Å². The molecule has 0 saturated carbocycles. The summed E-state index contributed by atoms with van der Waals surface area (Å²) >= 11 is 1.10. The molecule has 0 amide bonds. The van der Waals surface area contributed by atoms with Gasteiger partial charge in [-0.05, 0) is 30.0 Å². The lowest BCUT2D eigenvalue weighted by Crippen LogP contribution is -2.25. The van der Waals surface area contributed by atoms with E-state index in [0.717, 1.165) is 11.8 Å². The van der Waals surface area contributed by atoms with E-state index in [1.807, 2.05) is 0 Å². The summed E-state index contributed by atoms with van der Waals surface area (Å²) < 4.78 is 6.57. The van der Waals surface area contributed by atoms with Gasteiger partial charge in [-0.1, -0.05) is 24.3 Å². The molecule has 0 bridgehead atoms. The van der Waals surface area contributed by atoms with Crippen LogP contribution in [0.1, 0.15) is 0 Å². The number of nitro groups is 1. The third-order valence-corrected chi connectivity index (χ3v) is 4.67. The average Bonchev–Trinajstić information content (AvgIpc) is 2.62. The van der Waals surface area contributed by atoms with Gasteiger partial charge in [-0.3, -0.25) is 19.5 Å². The second kappa shape index (κ2) is 7.45. The van der Waals surface area contributed by atoms with Gasteiger partial charge in [0.2, 0.25) is 0 Å². The predicted octanol–water partition coefficient (Wildman–Crippen LogP) is 3.10. The highest BCUT2D eigenvalue weighted by Crippen LogP contribution is 2.33. The molecule has 3 aromatic rings. The number of nitro benzene ring substituents is 1. The second-order valence-corrected chi connectivity index (χ2v) is 6.20. The fourth-order valence-electron chi connectivity index (χ4n) is 2.40. The highest BCUT2D eigenvalue weighted by molar-refractivity contribution is 7.99. The lowest BCUT2D eigenvalue weighted by molar-refractivity contribution is -0.387. The first-order chi connectivity index (χ1) is 12.1. The van der Waals surface area contributed by atoms with E-state index in [1.165, 1.54) is 10.6 Å². The molecule has 128 valence electrons. The van der Waals surface area contributed by atoms with Crippen LogP contribution in [0.15, 0.2) is 63.4 Å². The molecular formula is C17H15N3O4S. The van der Waals surface area contributed by atoms with Crippen LogP contribution in [-0.4, -0.2) is 28.2 Å². The van der Waals surface area contributed by atoms with E-state index >= 15 is 0 Å². The summed E-state index contributed by atoms with van der Waals surface area (Å²) in [5.41, 5.74) is 0.346. The van der Waals surface area contributed by atoms with E-state index in [9.17, 15) is 14.9 Å². The Morgan fingerprint density at radius 2 is 1.92 bits per heavy atom. The molecule has 0 fully saturated rings. The number of fused-ring (bicyclic) bond motifs is 1. The number of hydrogen-bond acceptors (Lipinski definition) is 6. The Labute approximate surface area is 147 Å². The van der Waals surface area contributed by atoms with Gasteiger partial charge in [0.1, 0.15) is 0 Å². The zero-order valence-electron chi connectivity index (χ0n) is 13.4. The number of aromatic nitrogens is 2. The van der Waals surface area contributed by atoms with Crippen LogP contribution >= 0.6 is 11.8 Å². The third-order valence-electron chi connectivity index (χ3n) is 3.61. The summed E-state index contributed by atoms with van der Waals surface area (Å²) in [6.07, 6.45) is 0. The Bertz CT molecular complexity index is 987. The molecule has 7 nitrogen and oxygen atoms in total. The minimum atomic E-state index is -0.443. The number of para-hydroxylation sites is 2. The first-order valence-electron chi connectivity index (χ1n) is 7.51. The summed E-state index contributed by atoms with van der Waals surface area (Å²) in [6.45, 7) is 0.653. The largest absolute Gasteiger partial charge is 0.383 e. The van der Waals surface area contributed by atoms with Crippen molar-refractivity contribution in [3.8, 4) is 0 Å². The number of benzene rings is 2. The second-order valence-electron chi connectivity index (χ2n) is 5.19. The minimum absolute atomic E-state index is 0.0202. The maximum Gasteiger partial charge on any atom is 0.283 e. The zero-order chi connectivity index (χ0) is 17.8. The van der Waals surface area contributed by atoms with Crippen LogP contribution in [0, 0.1) is 10.1 Å². The Balaban J connectivity index is 2.14. The Hall–Kier alpha value is -2.71. The van der Waals surface area contributed by atoms with E-state index in [0.29, 0.717) is 34.1 Å². The number of nitrogens with zero attached hydrogens (tertiary/aromatic N) is 3. The number of hydrogen-bond donors (Lipinski definition) is 0. The summed E-state index contributed by atoms with van der Waals surface area (Å²) in [5, 5.41) is 12.1. The van der Waals surface area contributed by atoms with Crippen LogP contribution in [-0.2, 0) is 11.3 Å². The van der Waals surface area contributed by atoms with Crippen LogP contribution in [0.2, 0.25) is 0 Å². The molecule has 0 radical (unpaired) electrons. The molecule has 2 aromatic carbocycles. The van der Waals surface area contributed by atoms with Crippen LogP contribution in [0.4, 0.5) is 5.69 Å². The van der Waals surface area contributed by atoms with Crippen molar-refractivity contribution in [3.05, 3.63) is 69.0 Å². The molecule has 8 heteroatoms. The SMILES string of the molecule is COCCn1c(Sc2ccccc2[N+](=O)[O-])nc2ccccc2c1=O. The fraction of sp³-hybridized carbons (Fsp3) is 0.176. The standard InChI is InChI=1S/C17H15N3O4S/c1-24-11-10-19-16(21)12-6-2-3-7-13(12)18-17(19)25-15-9-5-4-8-14(15)20(22)23/h2-9H,10-11H2,1H3. The molecule has 0 unspecified atom stereocenters. The van der Waals surface area contributed by atoms with Crippen LogP contribution in [0.3, 0.4) is 0 Å². The molecule has 0 aliphatic rings. The molecule has 0 N–H and O–H groups in total. The third kappa shape index (κ3) is 3.54. The topological polar surface area (TPSA) is 87.3 Å². The molecule has 0 aliphatic heterocycles. The zero-order valence-corrected chi connectivity index (χ0v) is 14.2. The Kier molecular flexibility index (Phi) is 5.11. The van der Waals surface area contributed by atoms with Gasteiger partial charge in [-0.2, -0.15) is 0 Å². The van der Waals surface area contributed by atoms with Crippen molar-refractivity contribution in [2.45, 2.75) is 16.6 Å². The van der Waals surface area contributed by atoms with Crippen molar-refractivity contribution < 1.29 is 9.66 Å². The van der Waals surface area contributed by atoms with Gasteiger partial charge in [-0.25, -0.2) is 4.98 Å². The van der Waals surface area contributed by atoms with Gasteiger partial charge in [0.05, 0.1) is 33.9 Å². The summed E-state index contributed by atoms with van der Waals surface area (Å²) in [7, 11) is 1.55. The lowest BCUT2D eigenvalue weighted by atomic mass is 10.2. The van der Waals surface area contributed by atoms with Gasteiger partial charge in [0.15, 0.2) is 5.16 Å². The fourth-order valence-corrected chi connectivity index (χ4v) is 3.42. The van der Waals surface area contributed by atoms with E-state index in [4.69, 9.17) is 4.74 Å². The molecule has 1 aromatic heterocycles. The van der Waals surface area contributed by atoms with E-state index in [1.54, 1.807) is 49.6 Å². The van der Waals surface area contributed by atoms with Gasteiger partial charge >= 0.3 is 0 Å². The smallest absolute Gasteiger partial charge is 0.283 e. The van der Waals surface area contributed by atoms with E-state index in [2.05, 4.69) is 4.98 Å². The van der Waals surface area contributed by atoms with Crippen molar-refractivity contribution in [3.63, 3.8) is 0 Å². The van der Waals surface area contributed by atoms with Gasteiger partial charge < -0.3 is 4.74 Å².